The van der Waals surface area contributed by atoms with Crippen LogP contribution in [0.5, 0.6) is 0 Å². The Labute approximate surface area is 89.9 Å². The zero-order valence-electron chi connectivity index (χ0n) is 8.76. The van der Waals surface area contributed by atoms with E-state index in [4.69, 9.17) is 15.9 Å². The van der Waals surface area contributed by atoms with E-state index in [2.05, 4.69) is 11.9 Å². The molecule has 0 amide bonds. The van der Waals surface area contributed by atoms with Gasteiger partial charge >= 0.3 is 0 Å². The van der Waals surface area contributed by atoms with Crippen LogP contribution in [0.15, 0.2) is 24.5 Å². The van der Waals surface area contributed by atoms with Crippen LogP contribution in [0, 0.1) is 0 Å². The normalized spacial score (nSPS) is 15.4. The minimum absolute atomic E-state index is 0.00379. The quantitative estimate of drug-likeness (QED) is 0.209. The van der Waals surface area contributed by atoms with Gasteiger partial charge in [0.1, 0.15) is 5.76 Å². The van der Waals surface area contributed by atoms with Gasteiger partial charge in [-0.25, -0.2) is 0 Å². The molecular formula is C10H20N2O3. The average Bonchev–Trinajstić information content (AvgIpc) is 2.16. The van der Waals surface area contributed by atoms with Crippen molar-refractivity contribution in [2.75, 3.05) is 19.6 Å². The summed E-state index contributed by atoms with van der Waals surface area (Å²) in [5, 5.41) is 30.2. The van der Waals surface area contributed by atoms with Gasteiger partial charge < -0.3 is 26.4 Å². The number of aliphatic hydroxyl groups is 3. The van der Waals surface area contributed by atoms with Crippen molar-refractivity contribution in [3.8, 4) is 0 Å². The third kappa shape index (κ3) is 9.42. The molecule has 0 spiro atoms. The van der Waals surface area contributed by atoms with E-state index in [9.17, 15) is 5.11 Å². The van der Waals surface area contributed by atoms with E-state index in [1.165, 1.54) is 6.08 Å². The second-order valence-corrected chi connectivity index (χ2v) is 3.33. The van der Waals surface area contributed by atoms with E-state index in [1.807, 2.05) is 0 Å². The zero-order chi connectivity index (χ0) is 11.7. The lowest BCUT2D eigenvalue weighted by molar-refractivity contribution is 0.0853. The molecule has 5 heteroatoms. The first kappa shape index (κ1) is 14.1. The van der Waals surface area contributed by atoms with Crippen LogP contribution in [0.4, 0.5) is 0 Å². The van der Waals surface area contributed by atoms with Gasteiger partial charge in [0.25, 0.3) is 0 Å². The maximum Gasteiger partial charge on any atom is 0.108 e. The van der Waals surface area contributed by atoms with Crippen LogP contribution in [0.3, 0.4) is 0 Å². The molecule has 0 aliphatic rings. The molecule has 0 saturated heterocycles. The van der Waals surface area contributed by atoms with Crippen molar-refractivity contribution in [3.63, 3.8) is 0 Å². The first-order valence-electron chi connectivity index (χ1n) is 4.87. The van der Waals surface area contributed by atoms with Crippen molar-refractivity contribution in [2.24, 2.45) is 5.73 Å². The third-order valence-electron chi connectivity index (χ3n) is 1.77. The molecule has 0 aromatic rings. The molecule has 0 bridgehead atoms. The SMILES string of the molecule is C=C(O)/C=C/CNCC(O)CC(O)CN. The van der Waals surface area contributed by atoms with Crippen LogP contribution in [0.2, 0.25) is 0 Å². The van der Waals surface area contributed by atoms with Crippen LogP contribution < -0.4 is 11.1 Å². The smallest absolute Gasteiger partial charge is 0.108 e. The molecule has 0 fully saturated rings. The number of nitrogens with two attached hydrogens (primary N) is 1. The highest BCUT2D eigenvalue weighted by molar-refractivity contribution is 5.05. The Morgan fingerprint density at radius 2 is 2.07 bits per heavy atom. The molecule has 2 unspecified atom stereocenters. The van der Waals surface area contributed by atoms with E-state index < -0.39 is 12.2 Å². The zero-order valence-corrected chi connectivity index (χ0v) is 8.76. The molecule has 0 radical (unpaired) electrons. The van der Waals surface area contributed by atoms with Gasteiger partial charge in [-0.2, -0.15) is 0 Å². The molecular weight excluding hydrogens is 196 g/mol. The van der Waals surface area contributed by atoms with Gasteiger partial charge in [-0.3, -0.25) is 0 Å². The number of hydrogen-bond donors (Lipinski definition) is 5. The molecule has 0 aromatic heterocycles. The first-order chi connectivity index (χ1) is 7.06. The van der Waals surface area contributed by atoms with Crippen molar-refractivity contribution in [1.29, 1.82) is 0 Å². The lowest BCUT2D eigenvalue weighted by atomic mass is 10.1. The molecule has 0 aliphatic heterocycles. The highest BCUT2D eigenvalue weighted by Gasteiger charge is 2.09. The molecule has 0 heterocycles. The maximum absolute atomic E-state index is 9.39. The number of allylic oxidation sites excluding steroid dienone is 1. The Balaban J connectivity index is 3.46. The fourth-order valence-electron chi connectivity index (χ4n) is 1.02. The number of rotatable bonds is 8. The fourth-order valence-corrected chi connectivity index (χ4v) is 1.02. The lowest BCUT2D eigenvalue weighted by Gasteiger charge is -2.14. The summed E-state index contributed by atoms with van der Waals surface area (Å²) in [4.78, 5) is 0. The summed E-state index contributed by atoms with van der Waals surface area (Å²) < 4.78 is 0. The highest BCUT2D eigenvalue weighted by Crippen LogP contribution is 1.95. The predicted octanol–water partition coefficient (Wildman–Crippen LogP) is -0.725. The fraction of sp³-hybridized carbons (Fsp3) is 0.600. The summed E-state index contributed by atoms with van der Waals surface area (Å²) in [5.74, 6) is -0.00379. The van der Waals surface area contributed by atoms with E-state index in [1.54, 1.807) is 6.08 Å². The standard InChI is InChI=1S/C10H20N2O3/c1-8(13)3-2-4-12-7-10(15)5-9(14)6-11/h2-3,9-10,12-15H,1,4-7,11H2/b3-2+. The Bertz CT molecular complexity index is 207. The molecule has 6 N–H and O–H groups in total. The minimum atomic E-state index is -0.658. The predicted molar refractivity (Wildman–Crippen MR) is 59.5 cm³/mol. The Hall–Kier alpha value is -0.880. The second-order valence-electron chi connectivity index (χ2n) is 3.33. The minimum Gasteiger partial charge on any atom is -0.509 e. The molecule has 0 saturated carbocycles. The van der Waals surface area contributed by atoms with Crippen LogP contribution >= 0.6 is 0 Å². The van der Waals surface area contributed by atoms with Crippen molar-refractivity contribution < 1.29 is 15.3 Å². The average molecular weight is 216 g/mol. The molecule has 15 heavy (non-hydrogen) atoms. The summed E-state index contributed by atoms with van der Waals surface area (Å²) in [6, 6.07) is 0. The third-order valence-corrected chi connectivity index (χ3v) is 1.77. The van der Waals surface area contributed by atoms with Gasteiger partial charge in [0.15, 0.2) is 0 Å². The van der Waals surface area contributed by atoms with E-state index in [0.29, 0.717) is 13.1 Å². The number of nitrogens with one attached hydrogen (secondary N) is 1. The monoisotopic (exact) mass is 216 g/mol. The van der Waals surface area contributed by atoms with Crippen molar-refractivity contribution in [3.05, 3.63) is 24.5 Å². The maximum atomic E-state index is 9.39. The van der Waals surface area contributed by atoms with Gasteiger partial charge in [-0.05, 0) is 6.08 Å². The van der Waals surface area contributed by atoms with E-state index in [-0.39, 0.29) is 18.7 Å². The van der Waals surface area contributed by atoms with Crippen LogP contribution in [0.25, 0.3) is 0 Å². The van der Waals surface area contributed by atoms with Crippen molar-refractivity contribution in [1.82, 2.24) is 5.32 Å². The molecule has 2 atom stereocenters. The van der Waals surface area contributed by atoms with Gasteiger partial charge in [-0.15, -0.1) is 0 Å². The second kappa shape index (κ2) is 8.43. The van der Waals surface area contributed by atoms with Crippen LogP contribution in [-0.4, -0.2) is 47.2 Å². The lowest BCUT2D eigenvalue weighted by Crippen LogP contribution is -2.32. The summed E-state index contributed by atoms with van der Waals surface area (Å²) >= 11 is 0. The summed E-state index contributed by atoms with van der Waals surface area (Å²) in [6.07, 6.45) is 2.14. The Kier molecular flexibility index (Phi) is 7.94. The molecule has 0 aromatic carbocycles. The van der Waals surface area contributed by atoms with Crippen molar-refractivity contribution >= 4 is 0 Å². The van der Waals surface area contributed by atoms with E-state index >= 15 is 0 Å². The van der Waals surface area contributed by atoms with E-state index in [0.717, 1.165) is 0 Å². The highest BCUT2D eigenvalue weighted by atomic mass is 16.3. The van der Waals surface area contributed by atoms with Gasteiger partial charge in [0.2, 0.25) is 0 Å². The molecule has 0 rings (SSSR count). The summed E-state index contributed by atoms with van der Waals surface area (Å²) in [5.41, 5.74) is 5.20. The van der Waals surface area contributed by atoms with Crippen molar-refractivity contribution in [2.45, 2.75) is 18.6 Å². The first-order valence-corrected chi connectivity index (χ1v) is 4.87. The van der Waals surface area contributed by atoms with Crippen LogP contribution in [0.1, 0.15) is 6.42 Å². The molecule has 5 nitrogen and oxygen atoms in total. The Morgan fingerprint density at radius 1 is 1.40 bits per heavy atom. The van der Waals surface area contributed by atoms with Gasteiger partial charge in [0.05, 0.1) is 12.2 Å². The van der Waals surface area contributed by atoms with Gasteiger partial charge in [-0.1, -0.05) is 12.7 Å². The number of aliphatic hydroxyl groups excluding tert-OH is 3. The molecule has 0 aliphatic carbocycles. The number of hydrogen-bond acceptors (Lipinski definition) is 5. The van der Waals surface area contributed by atoms with Gasteiger partial charge in [0, 0.05) is 26.1 Å². The van der Waals surface area contributed by atoms with Crippen LogP contribution in [-0.2, 0) is 0 Å². The molecule has 88 valence electrons. The Morgan fingerprint density at radius 3 is 2.60 bits per heavy atom. The summed E-state index contributed by atoms with van der Waals surface area (Å²) in [7, 11) is 0. The topological polar surface area (TPSA) is 98.7 Å². The largest absolute Gasteiger partial charge is 0.509 e. The summed E-state index contributed by atoms with van der Waals surface area (Å²) in [6.45, 7) is 4.33.